The fourth-order valence-corrected chi connectivity index (χ4v) is 11.2. The van der Waals surface area contributed by atoms with E-state index >= 15 is 0 Å². The van der Waals surface area contributed by atoms with Gasteiger partial charge >= 0.3 is 0 Å². The zero-order chi connectivity index (χ0) is 35.0. The minimum atomic E-state index is -2.33. The Balaban J connectivity index is 0.000000165. The van der Waals surface area contributed by atoms with Gasteiger partial charge in [0.15, 0.2) is 0 Å². The number of hydrogen-bond donors (Lipinski definition) is 0. The summed E-state index contributed by atoms with van der Waals surface area (Å²) >= 11 is 0. The number of hydrogen-bond acceptors (Lipinski definition) is 4. The predicted molar refractivity (Wildman–Crippen MR) is 212 cm³/mol. The van der Waals surface area contributed by atoms with Crippen molar-refractivity contribution in [1.82, 2.24) is 0 Å². The Morgan fingerprint density at radius 3 is 1.57 bits per heavy atom. The van der Waals surface area contributed by atoms with Gasteiger partial charge < -0.3 is 19.4 Å². The van der Waals surface area contributed by atoms with Crippen LogP contribution in [0, 0.1) is 0 Å². The van der Waals surface area contributed by atoms with Gasteiger partial charge in [-0.3, -0.25) is 0 Å². The number of benzene rings is 8. The van der Waals surface area contributed by atoms with Crippen molar-refractivity contribution in [1.29, 1.82) is 0 Å². The Morgan fingerprint density at radius 2 is 0.980 bits per heavy atom. The summed E-state index contributed by atoms with van der Waals surface area (Å²) in [7, 11) is -4.24. The summed E-state index contributed by atoms with van der Waals surface area (Å²) in [6.07, 6.45) is 0.932. The number of rotatable bonds is 9. The molecule has 0 aliphatic carbocycles. The highest BCUT2D eigenvalue weighted by atomic mass is 31.2. The molecule has 0 bridgehead atoms. The lowest BCUT2D eigenvalue weighted by atomic mass is 9.97. The van der Waals surface area contributed by atoms with Crippen molar-refractivity contribution in [2.24, 2.45) is 0 Å². The van der Waals surface area contributed by atoms with E-state index in [1.54, 1.807) is 12.1 Å². The number of ether oxygens (including phenoxy) is 1. The molecule has 4 nitrogen and oxygen atoms in total. The van der Waals surface area contributed by atoms with E-state index < -0.39 is 14.6 Å². The zero-order valence-electron chi connectivity index (χ0n) is 28.4. The van der Waals surface area contributed by atoms with Gasteiger partial charge in [-0.2, -0.15) is 0 Å². The van der Waals surface area contributed by atoms with Gasteiger partial charge in [-0.1, -0.05) is 121 Å². The summed E-state index contributed by atoms with van der Waals surface area (Å²) in [5, 5.41) is 32.0. The maximum atomic E-state index is 10.9. The SMILES string of the molecule is CCOc1ccccc1C[P+](c1ccccc1)(c1ccccc1)c1ccccc1.[O-]B([O-])Oc1cccc2ccc3cc4ccccc4cc3c12. The Kier molecular flexibility index (Phi) is 10.4. The Hall–Kier alpha value is -5.45. The first kappa shape index (κ1) is 34.0. The van der Waals surface area contributed by atoms with Crippen LogP contribution in [0.3, 0.4) is 0 Å². The molecule has 0 aromatic heterocycles. The molecule has 0 spiro atoms. The van der Waals surface area contributed by atoms with Gasteiger partial charge in [-0.25, -0.2) is 0 Å². The van der Waals surface area contributed by atoms with Crippen LogP contribution in [-0.4, -0.2) is 13.9 Å². The van der Waals surface area contributed by atoms with Gasteiger partial charge in [0, 0.05) is 10.9 Å². The van der Waals surface area contributed by atoms with Crippen molar-refractivity contribution < 1.29 is 19.4 Å². The van der Waals surface area contributed by atoms with Crippen LogP contribution in [0.15, 0.2) is 182 Å². The van der Waals surface area contributed by atoms with Crippen LogP contribution in [0.5, 0.6) is 11.5 Å². The summed E-state index contributed by atoms with van der Waals surface area (Å²) in [5.41, 5.74) is 1.26. The highest BCUT2D eigenvalue weighted by Gasteiger charge is 2.45. The van der Waals surface area contributed by atoms with Crippen LogP contribution in [-0.2, 0) is 6.16 Å². The summed E-state index contributed by atoms with van der Waals surface area (Å²) in [5.74, 6) is 1.33. The molecule has 0 N–H and O–H groups in total. The molecule has 0 aliphatic rings. The molecule has 0 heterocycles. The molecule has 0 unspecified atom stereocenters. The third kappa shape index (κ3) is 7.24. The molecule has 0 saturated heterocycles. The van der Waals surface area contributed by atoms with Gasteiger partial charge in [-0.05, 0) is 94.5 Å². The Bertz CT molecular complexity index is 2270. The monoisotopic (exact) mass is 683 g/mol. The molecular formula is C45H37BO4P-. The first-order valence-corrected chi connectivity index (χ1v) is 19.1. The fraction of sp³-hybridized carbons (Fsp3) is 0.0667. The van der Waals surface area contributed by atoms with Gasteiger partial charge in [0.1, 0.15) is 48.2 Å². The lowest BCUT2D eigenvalue weighted by Crippen LogP contribution is -2.50. The molecule has 8 rings (SSSR count). The molecule has 250 valence electrons. The van der Waals surface area contributed by atoms with Crippen molar-refractivity contribution >= 4 is 62.8 Å². The second kappa shape index (κ2) is 15.6. The summed E-state index contributed by atoms with van der Waals surface area (Å²) in [6, 6.07) is 63.1. The van der Waals surface area contributed by atoms with Crippen LogP contribution in [0.1, 0.15) is 12.5 Å². The normalized spacial score (nSPS) is 11.2. The minimum Gasteiger partial charge on any atom is -0.860 e. The number of fused-ring (bicyclic) bond motifs is 4. The number of para-hydroxylation sites is 1. The van der Waals surface area contributed by atoms with Crippen molar-refractivity contribution in [3.05, 3.63) is 188 Å². The molecular weight excluding hydrogens is 646 g/mol. The van der Waals surface area contributed by atoms with E-state index in [1.807, 2.05) is 43.3 Å². The predicted octanol–water partition coefficient (Wildman–Crippen LogP) is 7.81. The molecule has 0 radical (unpaired) electrons. The van der Waals surface area contributed by atoms with E-state index in [-0.39, 0.29) is 0 Å². The average Bonchev–Trinajstić information content (AvgIpc) is 3.18. The molecule has 51 heavy (non-hydrogen) atoms. The first-order valence-electron chi connectivity index (χ1n) is 17.1. The highest BCUT2D eigenvalue weighted by molar-refractivity contribution is 7.95. The molecule has 6 heteroatoms. The molecule has 0 saturated carbocycles. The molecule has 8 aromatic carbocycles. The van der Waals surface area contributed by atoms with E-state index in [1.165, 1.54) is 21.5 Å². The van der Waals surface area contributed by atoms with Crippen LogP contribution in [0.25, 0.3) is 32.3 Å². The quantitative estimate of drug-likeness (QED) is 0.0674. The topological polar surface area (TPSA) is 64.6 Å². The molecule has 0 atom stereocenters. The van der Waals surface area contributed by atoms with Crippen LogP contribution in [0.2, 0.25) is 0 Å². The van der Waals surface area contributed by atoms with E-state index in [0.29, 0.717) is 12.4 Å². The van der Waals surface area contributed by atoms with E-state index in [9.17, 15) is 10.0 Å². The molecule has 0 aliphatic heterocycles. The van der Waals surface area contributed by atoms with E-state index in [0.717, 1.165) is 44.2 Å². The lowest BCUT2D eigenvalue weighted by molar-refractivity contribution is -0.372. The summed E-state index contributed by atoms with van der Waals surface area (Å²) < 4.78 is 10.9. The Labute approximate surface area is 300 Å². The van der Waals surface area contributed by atoms with Gasteiger partial charge in [0.05, 0.1) is 6.61 Å². The second-order valence-electron chi connectivity index (χ2n) is 12.3. The third-order valence-electron chi connectivity index (χ3n) is 9.18. The van der Waals surface area contributed by atoms with Crippen LogP contribution >= 0.6 is 7.26 Å². The van der Waals surface area contributed by atoms with Crippen LogP contribution < -0.4 is 35.4 Å². The van der Waals surface area contributed by atoms with Crippen molar-refractivity contribution in [3.8, 4) is 11.5 Å². The molecule has 8 aromatic rings. The largest absolute Gasteiger partial charge is 0.860 e. The maximum Gasteiger partial charge on any atom is 0.133 e. The van der Waals surface area contributed by atoms with Gasteiger partial charge in [-0.15, -0.1) is 0 Å². The van der Waals surface area contributed by atoms with Crippen LogP contribution in [0.4, 0.5) is 0 Å². The Morgan fingerprint density at radius 1 is 0.490 bits per heavy atom. The van der Waals surface area contributed by atoms with E-state index in [2.05, 4.69) is 133 Å². The lowest BCUT2D eigenvalue weighted by Gasteiger charge is -2.28. The average molecular weight is 684 g/mol. The summed E-state index contributed by atoms with van der Waals surface area (Å²) in [6.45, 7) is 2.72. The maximum absolute atomic E-state index is 10.9. The van der Waals surface area contributed by atoms with E-state index in [4.69, 9.17) is 9.39 Å². The minimum absolute atomic E-state index is 0.341. The smallest absolute Gasteiger partial charge is 0.133 e. The van der Waals surface area contributed by atoms with Crippen molar-refractivity contribution in [3.63, 3.8) is 0 Å². The zero-order valence-corrected chi connectivity index (χ0v) is 29.3. The van der Waals surface area contributed by atoms with Crippen molar-refractivity contribution in [2.45, 2.75) is 13.1 Å². The second-order valence-corrected chi connectivity index (χ2v) is 15.7. The third-order valence-corrected chi connectivity index (χ3v) is 13.5. The molecule has 0 fully saturated rings. The summed E-state index contributed by atoms with van der Waals surface area (Å²) in [4.78, 5) is 0. The van der Waals surface area contributed by atoms with Gasteiger partial charge in [0.25, 0.3) is 0 Å². The first-order chi connectivity index (χ1) is 25.1. The van der Waals surface area contributed by atoms with Crippen molar-refractivity contribution in [2.75, 3.05) is 6.61 Å². The van der Waals surface area contributed by atoms with Gasteiger partial charge in [0.2, 0.25) is 0 Å². The fourth-order valence-electron chi connectivity index (χ4n) is 6.92. The standard InChI is InChI=1S/C27H26OP.C18H11BO3/c1-2-28-27-21-13-12-14-23(27)22-29(24-15-6-3-7-16-24,25-17-8-4-9-18-25)26-19-10-5-11-20-26;20-19(21)22-17-7-3-6-12-8-9-15-10-13-4-1-2-5-14(13)11-16(15)18(12)17/h3-21H,2,22H2,1H3;1-11H/q+1;-2. The molecule has 0 amide bonds. The highest BCUT2D eigenvalue weighted by Crippen LogP contribution is 2.59.